The van der Waals surface area contributed by atoms with E-state index >= 15 is 0 Å². The number of phenols is 1. The second-order valence-corrected chi connectivity index (χ2v) is 4.59. The van der Waals surface area contributed by atoms with Gasteiger partial charge in [0.15, 0.2) is 0 Å². The first-order chi connectivity index (χ1) is 8.83. The number of rotatable bonds is 3. The summed E-state index contributed by atoms with van der Waals surface area (Å²) in [5, 5.41) is 9.31. The van der Waals surface area contributed by atoms with Crippen LogP contribution < -0.4 is 0 Å². The lowest BCUT2D eigenvalue weighted by Crippen LogP contribution is -2.15. The van der Waals surface area contributed by atoms with E-state index in [4.69, 9.17) is 4.74 Å². The zero-order valence-electron chi connectivity index (χ0n) is 10.1. The quantitative estimate of drug-likeness (QED) is 0.902. The zero-order valence-corrected chi connectivity index (χ0v) is 10.1. The molecule has 1 saturated heterocycles. The monoisotopic (exact) mass is 244 g/mol. The van der Waals surface area contributed by atoms with E-state index in [1.54, 1.807) is 18.3 Å². The van der Waals surface area contributed by atoms with Crippen molar-refractivity contribution in [3.05, 3.63) is 36.7 Å². The van der Waals surface area contributed by atoms with Crippen LogP contribution in [0.4, 0.5) is 0 Å². The van der Waals surface area contributed by atoms with Crippen LogP contribution in [0, 0.1) is 0 Å². The topological polar surface area (TPSA) is 47.3 Å². The molecule has 2 heterocycles. The van der Waals surface area contributed by atoms with Gasteiger partial charge in [-0.2, -0.15) is 0 Å². The molecule has 1 fully saturated rings. The van der Waals surface area contributed by atoms with Gasteiger partial charge in [-0.05, 0) is 37.1 Å². The molecule has 0 spiro atoms. The minimum atomic E-state index is 0.274. The largest absolute Gasteiger partial charge is 0.508 e. The standard InChI is InChI=1S/C14H16N2O2/c17-12-5-3-11(4-6-12)14-15-7-8-16(14)10-13-2-1-9-18-13/h3-8,13,17H,1-2,9-10H2. The maximum Gasteiger partial charge on any atom is 0.139 e. The number of imidazole rings is 1. The van der Waals surface area contributed by atoms with Gasteiger partial charge in [-0.25, -0.2) is 4.98 Å². The molecule has 94 valence electrons. The van der Waals surface area contributed by atoms with Gasteiger partial charge in [-0.1, -0.05) is 0 Å². The zero-order chi connectivity index (χ0) is 12.4. The minimum absolute atomic E-state index is 0.274. The molecule has 1 aliphatic heterocycles. The van der Waals surface area contributed by atoms with Crippen molar-refractivity contribution >= 4 is 0 Å². The van der Waals surface area contributed by atoms with Crippen molar-refractivity contribution in [1.29, 1.82) is 0 Å². The second-order valence-electron chi connectivity index (χ2n) is 4.59. The number of phenolic OH excluding ortho intramolecular Hbond substituents is 1. The third kappa shape index (κ3) is 2.24. The Morgan fingerprint density at radius 2 is 2.17 bits per heavy atom. The summed E-state index contributed by atoms with van der Waals surface area (Å²) in [7, 11) is 0. The predicted octanol–water partition coefficient (Wildman–Crippen LogP) is 2.43. The molecular weight excluding hydrogens is 228 g/mol. The van der Waals surface area contributed by atoms with Crippen LogP contribution in [0.15, 0.2) is 36.7 Å². The van der Waals surface area contributed by atoms with E-state index in [1.165, 1.54) is 0 Å². The second kappa shape index (κ2) is 4.82. The van der Waals surface area contributed by atoms with Crippen molar-refractivity contribution in [1.82, 2.24) is 9.55 Å². The maximum absolute atomic E-state index is 9.31. The van der Waals surface area contributed by atoms with Gasteiger partial charge in [-0.15, -0.1) is 0 Å². The number of hydrogen-bond donors (Lipinski definition) is 1. The van der Waals surface area contributed by atoms with Crippen molar-refractivity contribution in [2.75, 3.05) is 6.61 Å². The van der Waals surface area contributed by atoms with Crippen LogP contribution in [-0.4, -0.2) is 27.4 Å². The van der Waals surface area contributed by atoms with Gasteiger partial charge < -0.3 is 14.4 Å². The highest BCUT2D eigenvalue weighted by atomic mass is 16.5. The van der Waals surface area contributed by atoms with Crippen molar-refractivity contribution in [2.24, 2.45) is 0 Å². The SMILES string of the molecule is Oc1ccc(-c2nccn2CC2CCCO2)cc1. The Kier molecular flexibility index (Phi) is 3.02. The van der Waals surface area contributed by atoms with Gasteiger partial charge in [0, 0.05) is 24.6 Å². The summed E-state index contributed by atoms with van der Waals surface area (Å²) in [5.74, 6) is 1.20. The van der Waals surface area contributed by atoms with Gasteiger partial charge >= 0.3 is 0 Å². The molecule has 4 heteroatoms. The van der Waals surface area contributed by atoms with Gasteiger partial charge in [0.2, 0.25) is 0 Å². The summed E-state index contributed by atoms with van der Waals surface area (Å²) in [6.45, 7) is 1.71. The molecule has 3 rings (SSSR count). The van der Waals surface area contributed by atoms with Crippen LogP contribution in [0.1, 0.15) is 12.8 Å². The summed E-state index contributed by atoms with van der Waals surface area (Å²) in [6.07, 6.45) is 6.34. The fourth-order valence-corrected chi connectivity index (χ4v) is 2.34. The molecule has 18 heavy (non-hydrogen) atoms. The fourth-order valence-electron chi connectivity index (χ4n) is 2.34. The average molecular weight is 244 g/mol. The van der Waals surface area contributed by atoms with E-state index in [9.17, 15) is 5.11 Å². The molecule has 1 aliphatic rings. The molecule has 1 aromatic heterocycles. The molecule has 1 atom stereocenters. The van der Waals surface area contributed by atoms with Crippen molar-refractivity contribution in [3.8, 4) is 17.1 Å². The molecule has 1 aromatic carbocycles. The van der Waals surface area contributed by atoms with Gasteiger partial charge in [-0.3, -0.25) is 0 Å². The molecule has 0 amide bonds. The highest BCUT2D eigenvalue weighted by Gasteiger charge is 2.17. The Hall–Kier alpha value is -1.81. The van der Waals surface area contributed by atoms with Gasteiger partial charge in [0.1, 0.15) is 11.6 Å². The van der Waals surface area contributed by atoms with Crippen molar-refractivity contribution in [3.63, 3.8) is 0 Å². The van der Waals surface area contributed by atoms with E-state index in [2.05, 4.69) is 9.55 Å². The van der Waals surface area contributed by atoms with Crippen LogP contribution in [0.2, 0.25) is 0 Å². The third-order valence-electron chi connectivity index (χ3n) is 3.27. The van der Waals surface area contributed by atoms with Crippen LogP contribution in [-0.2, 0) is 11.3 Å². The number of hydrogen-bond acceptors (Lipinski definition) is 3. The lowest BCUT2D eigenvalue weighted by atomic mass is 10.2. The first kappa shape index (κ1) is 11.3. The Morgan fingerprint density at radius 1 is 1.33 bits per heavy atom. The van der Waals surface area contributed by atoms with E-state index < -0.39 is 0 Å². The van der Waals surface area contributed by atoms with E-state index in [0.29, 0.717) is 6.10 Å². The number of aromatic hydroxyl groups is 1. The number of ether oxygens (including phenoxy) is 1. The lowest BCUT2D eigenvalue weighted by Gasteiger charge is -2.13. The molecule has 4 nitrogen and oxygen atoms in total. The molecule has 0 radical (unpaired) electrons. The average Bonchev–Trinajstić information content (AvgIpc) is 3.02. The summed E-state index contributed by atoms with van der Waals surface area (Å²) in [6, 6.07) is 7.12. The van der Waals surface area contributed by atoms with Gasteiger partial charge in [0.25, 0.3) is 0 Å². The number of benzene rings is 1. The maximum atomic E-state index is 9.31. The van der Waals surface area contributed by atoms with E-state index in [1.807, 2.05) is 18.3 Å². The fraction of sp³-hybridized carbons (Fsp3) is 0.357. The van der Waals surface area contributed by atoms with Crippen molar-refractivity contribution < 1.29 is 9.84 Å². The first-order valence-corrected chi connectivity index (χ1v) is 6.25. The molecule has 0 bridgehead atoms. The highest BCUT2D eigenvalue weighted by Crippen LogP contribution is 2.22. The molecule has 1 unspecified atom stereocenters. The molecule has 1 N–H and O–H groups in total. The smallest absolute Gasteiger partial charge is 0.139 e. The molecule has 0 saturated carbocycles. The van der Waals surface area contributed by atoms with Crippen LogP contribution in [0.25, 0.3) is 11.4 Å². The Bertz CT molecular complexity index is 513. The van der Waals surface area contributed by atoms with E-state index in [-0.39, 0.29) is 5.75 Å². The summed E-state index contributed by atoms with van der Waals surface area (Å²) in [4.78, 5) is 4.38. The number of nitrogens with zero attached hydrogens (tertiary/aromatic N) is 2. The first-order valence-electron chi connectivity index (χ1n) is 6.25. The van der Waals surface area contributed by atoms with Crippen LogP contribution >= 0.6 is 0 Å². The molecule has 2 aromatic rings. The molecule has 0 aliphatic carbocycles. The summed E-state index contributed by atoms with van der Waals surface area (Å²) >= 11 is 0. The Morgan fingerprint density at radius 3 is 2.89 bits per heavy atom. The normalized spacial score (nSPS) is 19.2. The van der Waals surface area contributed by atoms with Crippen LogP contribution in [0.3, 0.4) is 0 Å². The van der Waals surface area contributed by atoms with E-state index in [0.717, 1.165) is 37.4 Å². The summed E-state index contributed by atoms with van der Waals surface area (Å²) in [5.41, 5.74) is 1.01. The Balaban J connectivity index is 1.84. The van der Waals surface area contributed by atoms with Gasteiger partial charge in [0.05, 0.1) is 12.6 Å². The van der Waals surface area contributed by atoms with Crippen molar-refractivity contribution in [2.45, 2.75) is 25.5 Å². The van der Waals surface area contributed by atoms with Crippen LogP contribution in [0.5, 0.6) is 5.75 Å². The molecular formula is C14H16N2O2. The highest BCUT2D eigenvalue weighted by molar-refractivity contribution is 5.56. The summed E-state index contributed by atoms with van der Waals surface area (Å²) < 4.78 is 7.76. The third-order valence-corrected chi connectivity index (χ3v) is 3.27. The Labute approximate surface area is 106 Å². The minimum Gasteiger partial charge on any atom is -0.508 e. The number of aromatic nitrogens is 2. The predicted molar refractivity (Wildman–Crippen MR) is 68.3 cm³/mol. The lowest BCUT2D eigenvalue weighted by molar-refractivity contribution is 0.0974.